The fourth-order valence-electron chi connectivity index (χ4n) is 1.66. The minimum Gasteiger partial charge on any atom is -0.453 e. The third kappa shape index (κ3) is 5.77. The molecule has 1 amide bonds. The molecule has 1 N–H and O–H groups in total. The maximum absolute atomic E-state index is 11.9. The largest absolute Gasteiger partial charge is 0.453 e. The standard InChI is InChI=1S/C16H21NO4/c1-4-5-6-15(19)21-12(3)16(20)17-14-9-7-13(8-10-14)11(2)18/h7-10,12H,4-6H2,1-3H3,(H,17,20)/t12-/m1/s1. The average molecular weight is 291 g/mol. The summed E-state index contributed by atoms with van der Waals surface area (Å²) in [6, 6.07) is 6.55. The molecule has 0 aliphatic heterocycles. The summed E-state index contributed by atoms with van der Waals surface area (Å²) in [5.41, 5.74) is 1.13. The Morgan fingerprint density at radius 3 is 2.33 bits per heavy atom. The molecule has 21 heavy (non-hydrogen) atoms. The van der Waals surface area contributed by atoms with Gasteiger partial charge in [0.05, 0.1) is 0 Å². The minimum absolute atomic E-state index is 0.0360. The molecular formula is C16H21NO4. The summed E-state index contributed by atoms with van der Waals surface area (Å²) in [5.74, 6) is -0.798. The molecule has 0 heterocycles. The van der Waals surface area contributed by atoms with Crippen LogP contribution in [0.1, 0.15) is 50.4 Å². The van der Waals surface area contributed by atoms with Gasteiger partial charge in [0.1, 0.15) is 0 Å². The van der Waals surface area contributed by atoms with Crippen LogP contribution in [0.5, 0.6) is 0 Å². The summed E-state index contributed by atoms with van der Waals surface area (Å²) in [4.78, 5) is 34.5. The van der Waals surface area contributed by atoms with Gasteiger partial charge in [0.25, 0.3) is 5.91 Å². The zero-order valence-corrected chi connectivity index (χ0v) is 12.6. The van der Waals surface area contributed by atoms with Crippen LogP contribution in [0.2, 0.25) is 0 Å². The van der Waals surface area contributed by atoms with E-state index in [0.717, 1.165) is 12.8 Å². The number of amides is 1. The van der Waals surface area contributed by atoms with Crippen molar-refractivity contribution in [2.45, 2.75) is 46.1 Å². The molecule has 114 valence electrons. The smallest absolute Gasteiger partial charge is 0.306 e. The number of carbonyl (C=O) groups is 3. The lowest BCUT2D eigenvalue weighted by atomic mass is 10.1. The first kappa shape index (κ1) is 16.9. The quantitative estimate of drug-likeness (QED) is 0.619. The zero-order valence-electron chi connectivity index (χ0n) is 12.6. The van der Waals surface area contributed by atoms with Gasteiger partial charge in [0.15, 0.2) is 11.9 Å². The van der Waals surface area contributed by atoms with Gasteiger partial charge in [0, 0.05) is 17.7 Å². The van der Waals surface area contributed by atoms with Gasteiger partial charge in [-0.1, -0.05) is 13.3 Å². The molecule has 0 saturated heterocycles. The molecule has 0 fully saturated rings. The number of benzene rings is 1. The number of esters is 1. The summed E-state index contributed by atoms with van der Waals surface area (Å²) in [5, 5.41) is 2.64. The van der Waals surface area contributed by atoms with Crippen molar-refractivity contribution >= 4 is 23.3 Å². The number of hydrogen-bond donors (Lipinski definition) is 1. The molecule has 0 aromatic heterocycles. The first-order valence-corrected chi connectivity index (χ1v) is 7.05. The van der Waals surface area contributed by atoms with Gasteiger partial charge >= 0.3 is 5.97 Å². The second-order valence-corrected chi connectivity index (χ2v) is 4.86. The molecule has 0 saturated carbocycles. The first-order chi connectivity index (χ1) is 9.93. The van der Waals surface area contributed by atoms with Crippen molar-refractivity contribution in [3.63, 3.8) is 0 Å². The minimum atomic E-state index is -0.846. The molecule has 1 atom stereocenters. The van der Waals surface area contributed by atoms with Gasteiger partial charge in [-0.05, 0) is 44.5 Å². The van der Waals surface area contributed by atoms with Crippen molar-refractivity contribution in [2.75, 3.05) is 5.32 Å². The van der Waals surface area contributed by atoms with Crippen LogP contribution >= 0.6 is 0 Å². The summed E-state index contributed by atoms with van der Waals surface area (Å²) >= 11 is 0. The van der Waals surface area contributed by atoms with Gasteiger partial charge in [-0.2, -0.15) is 0 Å². The highest BCUT2D eigenvalue weighted by Crippen LogP contribution is 2.11. The second kappa shape index (κ2) is 8.19. The van der Waals surface area contributed by atoms with E-state index in [9.17, 15) is 14.4 Å². The maximum Gasteiger partial charge on any atom is 0.306 e. The SMILES string of the molecule is CCCCC(=O)O[C@H](C)C(=O)Nc1ccc(C(C)=O)cc1. The lowest BCUT2D eigenvalue weighted by Gasteiger charge is -2.13. The Bertz CT molecular complexity index is 508. The molecule has 1 rings (SSSR count). The highest BCUT2D eigenvalue weighted by atomic mass is 16.5. The number of unbranched alkanes of at least 4 members (excludes halogenated alkanes) is 1. The van der Waals surface area contributed by atoms with Crippen molar-refractivity contribution < 1.29 is 19.1 Å². The molecule has 0 radical (unpaired) electrons. The number of ether oxygens (including phenoxy) is 1. The topological polar surface area (TPSA) is 72.5 Å². The summed E-state index contributed by atoms with van der Waals surface area (Å²) in [6.45, 7) is 4.99. The van der Waals surface area contributed by atoms with Crippen molar-refractivity contribution in [1.82, 2.24) is 0 Å². The van der Waals surface area contributed by atoms with Crippen molar-refractivity contribution in [3.05, 3.63) is 29.8 Å². The number of anilines is 1. The van der Waals surface area contributed by atoms with Crippen LogP contribution in [0.4, 0.5) is 5.69 Å². The maximum atomic E-state index is 11.9. The molecular weight excluding hydrogens is 270 g/mol. The number of ketones is 1. The Morgan fingerprint density at radius 1 is 1.19 bits per heavy atom. The normalized spacial score (nSPS) is 11.6. The Labute approximate surface area is 124 Å². The molecule has 5 nitrogen and oxygen atoms in total. The molecule has 0 aliphatic carbocycles. The second-order valence-electron chi connectivity index (χ2n) is 4.86. The first-order valence-electron chi connectivity index (χ1n) is 7.05. The van der Waals surface area contributed by atoms with Crippen LogP contribution in [0.25, 0.3) is 0 Å². The van der Waals surface area contributed by atoms with Gasteiger partial charge < -0.3 is 10.1 Å². The Hall–Kier alpha value is -2.17. The van der Waals surface area contributed by atoms with E-state index < -0.39 is 12.0 Å². The van der Waals surface area contributed by atoms with E-state index >= 15 is 0 Å². The molecule has 0 spiro atoms. The summed E-state index contributed by atoms with van der Waals surface area (Å²) in [7, 11) is 0. The van der Waals surface area contributed by atoms with E-state index in [1.807, 2.05) is 6.92 Å². The predicted molar refractivity (Wildman–Crippen MR) is 80.2 cm³/mol. The molecule has 5 heteroatoms. The Morgan fingerprint density at radius 2 is 1.81 bits per heavy atom. The number of rotatable bonds is 7. The van der Waals surface area contributed by atoms with Crippen LogP contribution in [0.3, 0.4) is 0 Å². The van der Waals surface area contributed by atoms with Crippen molar-refractivity contribution in [2.24, 2.45) is 0 Å². The van der Waals surface area contributed by atoms with Crippen molar-refractivity contribution in [1.29, 1.82) is 0 Å². The number of hydrogen-bond acceptors (Lipinski definition) is 4. The molecule has 0 bridgehead atoms. The van der Waals surface area contributed by atoms with Crippen LogP contribution in [-0.2, 0) is 14.3 Å². The lowest BCUT2D eigenvalue weighted by Crippen LogP contribution is -2.29. The molecule has 0 unspecified atom stereocenters. The fraction of sp³-hybridized carbons (Fsp3) is 0.438. The third-order valence-corrected chi connectivity index (χ3v) is 2.97. The van der Waals surface area contributed by atoms with Gasteiger partial charge in [-0.25, -0.2) is 0 Å². The van der Waals surface area contributed by atoms with E-state index in [1.165, 1.54) is 13.8 Å². The predicted octanol–water partition coefficient (Wildman–Crippen LogP) is 2.95. The van der Waals surface area contributed by atoms with Gasteiger partial charge in [-0.3, -0.25) is 14.4 Å². The van der Waals surface area contributed by atoms with E-state index in [4.69, 9.17) is 4.74 Å². The van der Waals surface area contributed by atoms with Crippen molar-refractivity contribution in [3.8, 4) is 0 Å². The van der Waals surface area contributed by atoms with Crippen LogP contribution in [0.15, 0.2) is 24.3 Å². The van der Waals surface area contributed by atoms with Gasteiger partial charge in [-0.15, -0.1) is 0 Å². The number of carbonyl (C=O) groups excluding carboxylic acids is 3. The summed E-state index contributed by atoms with van der Waals surface area (Å²) in [6.07, 6.45) is 1.13. The molecule has 1 aromatic rings. The number of nitrogens with one attached hydrogen (secondary N) is 1. The van der Waals surface area contributed by atoms with E-state index in [0.29, 0.717) is 17.7 Å². The number of Topliss-reactive ketones (excluding diaryl/α,β-unsaturated/α-hetero) is 1. The molecule has 1 aromatic carbocycles. The lowest BCUT2D eigenvalue weighted by molar-refractivity contribution is -0.153. The van der Waals surface area contributed by atoms with E-state index in [-0.39, 0.29) is 11.8 Å². The van der Waals surface area contributed by atoms with E-state index in [1.54, 1.807) is 24.3 Å². The highest BCUT2D eigenvalue weighted by Gasteiger charge is 2.17. The van der Waals surface area contributed by atoms with Crippen LogP contribution in [-0.4, -0.2) is 23.8 Å². The monoisotopic (exact) mass is 291 g/mol. The Kier molecular flexibility index (Phi) is 6.59. The van der Waals surface area contributed by atoms with Gasteiger partial charge in [0.2, 0.25) is 0 Å². The molecule has 0 aliphatic rings. The summed E-state index contributed by atoms with van der Waals surface area (Å²) < 4.78 is 5.04. The zero-order chi connectivity index (χ0) is 15.8. The fourth-order valence-corrected chi connectivity index (χ4v) is 1.66. The van der Waals surface area contributed by atoms with Crippen LogP contribution < -0.4 is 5.32 Å². The Balaban J connectivity index is 2.51. The highest BCUT2D eigenvalue weighted by molar-refractivity contribution is 5.97. The third-order valence-electron chi connectivity index (χ3n) is 2.97. The van der Waals surface area contributed by atoms with Crippen LogP contribution in [0, 0.1) is 0 Å². The van der Waals surface area contributed by atoms with E-state index in [2.05, 4.69) is 5.32 Å². The average Bonchev–Trinajstić information content (AvgIpc) is 2.45.